The Balaban J connectivity index is 1.79. The Bertz CT molecular complexity index is 417. The van der Waals surface area contributed by atoms with Crippen LogP contribution in [0.3, 0.4) is 0 Å². The van der Waals surface area contributed by atoms with Crippen LogP contribution >= 0.6 is 0 Å². The first-order valence-electron chi connectivity index (χ1n) is 6.87. The number of amides is 1. The van der Waals surface area contributed by atoms with E-state index < -0.39 is 0 Å². The molecule has 1 unspecified atom stereocenters. The number of carbonyl (C=O) groups is 1. The molecule has 3 N–H and O–H groups in total. The first kappa shape index (κ1) is 14.0. The van der Waals surface area contributed by atoms with Gasteiger partial charge in [0.15, 0.2) is 0 Å². The third-order valence-electron chi connectivity index (χ3n) is 3.53. The molecule has 106 valence electrons. The fraction of sp³-hybridized carbons (Fsp3) is 0.692. The Morgan fingerprint density at radius 2 is 2.47 bits per heavy atom. The minimum absolute atomic E-state index is 0.0935. The lowest BCUT2D eigenvalue weighted by molar-refractivity contribution is 0.0932. The van der Waals surface area contributed by atoms with Crippen molar-refractivity contribution in [2.24, 2.45) is 11.7 Å². The molecule has 6 heteroatoms. The summed E-state index contributed by atoms with van der Waals surface area (Å²) in [5.41, 5.74) is 5.93. The van der Waals surface area contributed by atoms with E-state index in [0.717, 1.165) is 19.6 Å². The van der Waals surface area contributed by atoms with Crippen LogP contribution in [0.1, 0.15) is 23.3 Å². The molecule has 1 atom stereocenters. The van der Waals surface area contributed by atoms with Gasteiger partial charge in [0.2, 0.25) is 0 Å². The molecule has 19 heavy (non-hydrogen) atoms. The molecule has 1 aromatic rings. The molecule has 1 amide bonds. The number of nitrogens with two attached hydrogens (primary N) is 1. The molecule has 2 heterocycles. The SMILES string of the molecule is CN1CCCC(CNC(=O)c2cn(CCN)cn2)C1. The normalized spacial score (nSPS) is 20.4. The number of nitrogens with one attached hydrogen (secondary N) is 1. The van der Waals surface area contributed by atoms with Gasteiger partial charge in [-0.1, -0.05) is 0 Å². The second kappa shape index (κ2) is 6.68. The summed E-state index contributed by atoms with van der Waals surface area (Å²) in [4.78, 5) is 18.4. The van der Waals surface area contributed by atoms with Gasteiger partial charge in [-0.3, -0.25) is 4.79 Å². The van der Waals surface area contributed by atoms with Crippen LogP contribution < -0.4 is 11.1 Å². The minimum Gasteiger partial charge on any atom is -0.350 e. The Kier molecular flexibility index (Phi) is 4.93. The maximum absolute atomic E-state index is 12.0. The summed E-state index contributed by atoms with van der Waals surface area (Å²) in [5.74, 6) is 0.456. The zero-order chi connectivity index (χ0) is 13.7. The fourth-order valence-corrected chi connectivity index (χ4v) is 2.52. The van der Waals surface area contributed by atoms with Crippen LogP contribution in [0.2, 0.25) is 0 Å². The van der Waals surface area contributed by atoms with E-state index in [2.05, 4.69) is 22.2 Å². The molecule has 0 aromatic carbocycles. The first-order valence-corrected chi connectivity index (χ1v) is 6.87. The Morgan fingerprint density at radius 1 is 1.63 bits per heavy atom. The molecule has 0 radical (unpaired) electrons. The summed E-state index contributed by atoms with van der Waals surface area (Å²) in [6, 6.07) is 0. The van der Waals surface area contributed by atoms with Crippen molar-refractivity contribution >= 4 is 5.91 Å². The fourth-order valence-electron chi connectivity index (χ4n) is 2.52. The number of carbonyl (C=O) groups excluding carboxylic acids is 1. The van der Waals surface area contributed by atoms with Gasteiger partial charge in [0.05, 0.1) is 6.33 Å². The quantitative estimate of drug-likeness (QED) is 0.780. The van der Waals surface area contributed by atoms with Crippen LogP contribution in [0.4, 0.5) is 0 Å². The molecule has 0 spiro atoms. The average Bonchev–Trinajstić information content (AvgIpc) is 2.85. The third-order valence-corrected chi connectivity index (χ3v) is 3.53. The van der Waals surface area contributed by atoms with Crippen LogP contribution in [0, 0.1) is 5.92 Å². The van der Waals surface area contributed by atoms with E-state index in [-0.39, 0.29) is 5.91 Å². The molecule has 1 aliphatic heterocycles. The number of aromatic nitrogens is 2. The highest BCUT2D eigenvalue weighted by Crippen LogP contribution is 2.13. The Labute approximate surface area is 114 Å². The monoisotopic (exact) mass is 265 g/mol. The predicted octanol–water partition coefficient (Wildman–Crippen LogP) is -0.0866. The summed E-state index contributed by atoms with van der Waals surface area (Å²) >= 11 is 0. The summed E-state index contributed by atoms with van der Waals surface area (Å²) in [6.45, 7) is 4.18. The molecular weight excluding hydrogens is 242 g/mol. The highest BCUT2D eigenvalue weighted by atomic mass is 16.1. The highest BCUT2D eigenvalue weighted by Gasteiger charge is 2.18. The van der Waals surface area contributed by atoms with Crippen molar-refractivity contribution in [1.29, 1.82) is 0 Å². The summed E-state index contributed by atoms with van der Waals surface area (Å²) in [6.07, 6.45) is 5.79. The largest absolute Gasteiger partial charge is 0.350 e. The number of imidazole rings is 1. The van der Waals surface area contributed by atoms with Crippen LogP contribution in [-0.2, 0) is 6.54 Å². The molecule has 0 bridgehead atoms. The lowest BCUT2D eigenvalue weighted by Gasteiger charge is -2.29. The van der Waals surface area contributed by atoms with Gasteiger partial charge in [-0.05, 0) is 32.4 Å². The number of hydrogen-bond acceptors (Lipinski definition) is 4. The Hall–Kier alpha value is -1.40. The van der Waals surface area contributed by atoms with Crippen LogP contribution in [0.5, 0.6) is 0 Å². The second-order valence-corrected chi connectivity index (χ2v) is 5.27. The minimum atomic E-state index is -0.0935. The van der Waals surface area contributed by atoms with Crippen LogP contribution in [-0.4, -0.2) is 53.6 Å². The summed E-state index contributed by atoms with van der Waals surface area (Å²) in [5, 5.41) is 2.97. The average molecular weight is 265 g/mol. The predicted molar refractivity (Wildman–Crippen MR) is 73.8 cm³/mol. The van der Waals surface area contributed by atoms with E-state index >= 15 is 0 Å². The molecule has 0 aliphatic carbocycles. The van der Waals surface area contributed by atoms with Gasteiger partial charge >= 0.3 is 0 Å². The first-order chi connectivity index (χ1) is 9.19. The Morgan fingerprint density at radius 3 is 3.21 bits per heavy atom. The number of hydrogen-bond donors (Lipinski definition) is 2. The summed E-state index contributed by atoms with van der Waals surface area (Å²) < 4.78 is 1.84. The van der Waals surface area contributed by atoms with Crippen LogP contribution in [0.25, 0.3) is 0 Å². The molecule has 6 nitrogen and oxygen atoms in total. The lowest BCUT2D eigenvalue weighted by Crippen LogP contribution is -2.39. The van der Waals surface area contributed by atoms with Crippen molar-refractivity contribution in [2.45, 2.75) is 19.4 Å². The van der Waals surface area contributed by atoms with E-state index in [4.69, 9.17) is 5.73 Å². The van der Waals surface area contributed by atoms with E-state index in [9.17, 15) is 4.79 Å². The highest BCUT2D eigenvalue weighted by molar-refractivity contribution is 5.91. The van der Waals surface area contributed by atoms with Crippen molar-refractivity contribution in [2.75, 3.05) is 33.2 Å². The number of nitrogens with zero attached hydrogens (tertiary/aromatic N) is 3. The maximum Gasteiger partial charge on any atom is 0.271 e. The molecule has 1 fully saturated rings. The number of likely N-dealkylation sites (tertiary alicyclic amines) is 1. The number of rotatable bonds is 5. The molecule has 2 rings (SSSR count). The van der Waals surface area contributed by atoms with Gasteiger partial charge in [-0.25, -0.2) is 4.98 Å². The zero-order valence-electron chi connectivity index (χ0n) is 11.5. The van der Waals surface area contributed by atoms with E-state index in [1.807, 2.05) is 4.57 Å². The van der Waals surface area contributed by atoms with Crippen molar-refractivity contribution in [3.63, 3.8) is 0 Å². The van der Waals surface area contributed by atoms with Crippen molar-refractivity contribution in [1.82, 2.24) is 19.8 Å². The number of piperidine rings is 1. The van der Waals surface area contributed by atoms with Gasteiger partial charge in [0.25, 0.3) is 5.91 Å². The van der Waals surface area contributed by atoms with Crippen molar-refractivity contribution in [3.05, 3.63) is 18.2 Å². The molecule has 0 saturated carbocycles. The molecule has 1 aliphatic rings. The van der Waals surface area contributed by atoms with Gasteiger partial charge < -0.3 is 20.5 Å². The van der Waals surface area contributed by atoms with E-state index in [1.165, 1.54) is 12.8 Å². The second-order valence-electron chi connectivity index (χ2n) is 5.27. The smallest absolute Gasteiger partial charge is 0.271 e. The van der Waals surface area contributed by atoms with Gasteiger partial charge in [0, 0.05) is 32.4 Å². The topological polar surface area (TPSA) is 76.2 Å². The lowest BCUT2D eigenvalue weighted by atomic mass is 9.98. The van der Waals surface area contributed by atoms with Crippen LogP contribution in [0.15, 0.2) is 12.5 Å². The molecular formula is C13H23N5O. The van der Waals surface area contributed by atoms with E-state index in [1.54, 1.807) is 12.5 Å². The van der Waals surface area contributed by atoms with Gasteiger partial charge in [-0.15, -0.1) is 0 Å². The van der Waals surface area contributed by atoms with Crippen molar-refractivity contribution in [3.8, 4) is 0 Å². The van der Waals surface area contributed by atoms with Crippen molar-refractivity contribution < 1.29 is 4.79 Å². The van der Waals surface area contributed by atoms with Gasteiger partial charge in [0.1, 0.15) is 5.69 Å². The standard InChI is InChI=1S/C13H23N5O/c1-17-5-2-3-11(8-17)7-15-13(19)12-9-18(6-4-14)10-16-12/h9-11H,2-8,14H2,1H3,(H,15,19). The summed E-state index contributed by atoms with van der Waals surface area (Å²) in [7, 11) is 2.13. The third kappa shape index (κ3) is 4.04. The molecule has 1 aromatic heterocycles. The zero-order valence-corrected chi connectivity index (χ0v) is 11.5. The van der Waals surface area contributed by atoms with E-state index in [0.29, 0.717) is 24.7 Å². The molecule has 1 saturated heterocycles. The van der Waals surface area contributed by atoms with Gasteiger partial charge in [-0.2, -0.15) is 0 Å². The maximum atomic E-state index is 12.0.